The molecule has 34 heavy (non-hydrogen) atoms. The van der Waals surface area contributed by atoms with Crippen LogP contribution in [0.5, 0.6) is 0 Å². The van der Waals surface area contributed by atoms with Gasteiger partial charge >= 0.3 is 5.97 Å². The summed E-state index contributed by atoms with van der Waals surface area (Å²) >= 11 is 0. The molecule has 1 aliphatic rings. The average Bonchev–Trinajstić information content (AvgIpc) is 2.84. The van der Waals surface area contributed by atoms with Gasteiger partial charge in [0.05, 0.1) is 10.5 Å². The third-order valence-electron chi connectivity index (χ3n) is 5.54. The molecule has 0 spiro atoms. The summed E-state index contributed by atoms with van der Waals surface area (Å²) in [5, 5.41) is 5.89. The van der Waals surface area contributed by atoms with Crippen LogP contribution in [0.25, 0.3) is 0 Å². The maximum absolute atomic E-state index is 12.6. The van der Waals surface area contributed by atoms with E-state index < -0.39 is 28.5 Å². The van der Waals surface area contributed by atoms with Gasteiger partial charge in [0.1, 0.15) is 0 Å². The van der Waals surface area contributed by atoms with E-state index >= 15 is 0 Å². The van der Waals surface area contributed by atoms with Gasteiger partial charge in [-0.3, -0.25) is 4.79 Å². The lowest BCUT2D eigenvalue weighted by Crippen LogP contribution is -2.23. The first-order chi connectivity index (χ1) is 16.3. The Morgan fingerprint density at radius 1 is 1.03 bits per heavy atom. The maximum atomic E-state index is 12.6. The molecule has 0 heterocycles. The van der Waals surface area contributed by atoms with E-state index in [-0.39, 0.29) is 4.90 Å². The average molecular weight is 486 g/mol. The van der Waals surface area contributed by atoms with Crippen LogP contribution in [0, 0.1) is 0 Å². The quantitative estimate of drug-likeness (QED) is 0.389. The number of hydrogen-bond donors (Lipinski definition) is 2. The first-order valence-electron chi connectivity index (χ1n) is 11.3. The van der Waals surface area contributed by atoms with Gasteiger partial charge in [0, 0.05) is 32.0 Å². The van der Waals surface area contributed by atoms with Crippen LogP contribution in [0.1, 0.15) is 42.5 Å². The lowest BCUT2D eigenvalue weighted by Gasteiger charge is -2.15. The zero-order valence-corrected chi connectivity index (χ0v) is 20.4. The third-order valence-corrected chi connectivity index (χ3v) is 7.37. The number of para-hydroxylation sites is 1. The van der Waals surface area contributed by atoms with Crippen molar-refractivity contribution in [2.45, 2.75) is 37.0 Å². The fourth-order valence-electron chi connectivity index (χ4n) is 3.63. The van der Waals surface area contributed by atoms with Gasteiger partial charge in [-0.2, -0.15) is 0 Å². The molecular weight excluding hydrogens is 454 g/mol. The number of nitrogens with zero attached hydrogens (tertiary/aromatic N) is 1. The summed E-state index contributed by atoms with van der Waals surface area (Å²) in [4.78, 5) is 24.9. The molecule has 0 radical (unpaired) electrons. The first-order valence-corrected chi connectivity index (χ1v) is 12.7. The Morgan fingerprint density at radius 3 is 2.44 bits per heavy atom. The Kier molecular flexibility index (Phi) is 8.84. The summed E-state index contributed by atoms with van der Waals surface area (Å²) in [7, 11) is -0.658. The summed E-state index contributed by atoms with van der Waals surface area (Å²) in [5.41, 5.74) is 2.88. The number of nitrogens with one attached hydrogen (secondary N) is 2. The van der Waals surface area contributed by atoms with Crippen molar-refractivity contribution in [2.75, 3.05) is 37.9 Å². The van der Waals surface area contributed by atoms with E-state index in [1.165, 1.54) is 56.8 Å². The second-order valence-corrected chi connectivity index (χ2v) is 10.4. The zero-order valence-electron chi connectivity index (χ0n) is 19.5. The Morgan fingerprint density at radius 2 is 1.76 bits per heavy atom. The number of esters is 1. The summed E-state index contributed by atoms with van der Waals surface area (Å²) in [6.07, 6.45) is 7.99. The lowest BCUT2D eigenvalue weighted by molar-refractivity contribution is -0.119. The Hall–Kier alpha value is -3.17. The minimum Gasteiger partial charge on any atom is -0.452 e. The van der Waals surface area contributed by atoms with E-state index in [1.807, 2.05) is 12.1 Å². The summed E-state index contributed by atoms with van der Waals surface area (Å²) < 4.78 is 30.6. The molecule has 8 nitrogen and oxygen atoms in total. The summed E-state index contributed by atoms with van der Waals surface area (Å²) in [6, 6.07) is 12.8. The fourth-order valence-corrected chi connectivity index (χ4v) is 4.53. The van der Waals surface area contributed by atoms with Gasteiger partial charge in [-0.05, 0) is 68.5 Å². The van der Waals surface area contributed by atoms with Crippen LogP contribution in [0.3, 0.4) is 0 Å². The van der Waals surface area contributed by atoms with Gasteiger partial charge < -0.3 is 15.4 Å². The van der Waals surface area contributed by atoms with Crippen molar-refractivity contribution >= 4 is 33.3 Å². The number of allylic oxidation sites excluding steroid dienone is 1. The van der Waals surface area contributed by atoms with E-state index in [4.69, 9.17) is 4.74 Å². The molecule has 0 saturated heterocycles. The molecule has 2 aromatic rings. The van der Waals surface area contributed by atoms with Crippen molar-refractivity contribution in [3.05, 3.63) is 65.7 Å². The van der Waals surface area contributed by atoms with E-state index in [0.29, 0.717) is 16.9 Å². The number of rotatable bonds is 10. The zero-order chi connectivity index (χ0) is 24.6. The van der Waals surface area contributed by atoms with Crippen LogP contribution in [-0.4, -0.2) is 51.8 Å². The Labute approximate surface area is 201 Å². The molecule has 0 fully saturated rings. The SMILES string of the molecule is CN(C)S(=O)(=O)c1ccc(NC(=O)COC(=O)c2ccccc2NCCC2=CCCCC2)cc1. The number of anilines is 2. The molecule has 0 bridgehead atoms. The second-order valence-electron chi connectivity index (χ2n) is 8.27. The second kappa shape index (κ2) is 11.8. The number of benzene rings is 2. The van der Waals surface area contributed by atoms with Gasteiger partial charge in [-0.15, -0.1) is 0 Å². The molecule has 1 aliphatic carbocycles. The van der Waals surface area contributed by atoms with Gasteiger partial charge in [-0.25, -0.2) is 17.5 Å². The molecule has 3 rings (SSSR count). The highest BCUT2D eigenvalue weighted by molar-refractivity contribution is 7.89. The molecule has 0 aliphatic heterocycles. The largest absolute Gasteiger partial charge is 0.452 e. The number of amides is 1. The van der Waals surface area contributed by atoms with E-state index in [2.05, 4.69) is 16.7 Å². The normalized spacial score (nSPS) is 13.8. The topological polar surface area (TPSA) is 105 Å². The van der Waals surface area contributed by atoms with Crippen molar-refractivity contribution in [1.29, 1.82) is 0 Å². The molecule has 2 aromatic carbocycles. The van der Waals surface area contributed by atoms with E-state index in [9.17, 15) is 18.0 Å². The molecule has 0 aromatic heterocycles. The summed E-state index contributed by atoms with van der Waals surface area (Å²) in [5.74, 6) is -1.12. The molecule has 0 saturated carbocycles. The minimum absolute atomic E-state index is 0.116. The summed E-state index contributed by atoms with van der Waals surface area (Å²) in [6.45, 7) is 0.258. The van der Waals surface area contributed by atoms with Crippen molar-refractivity contribution in [2.24, 2.45) is 0 Å². The van der Waals surface area contributed by atoms with Gasteiger partial charge in [0.15, 0.2) is 6.61 Å². The maximum Gasteiger partial charge on any atom is 0.340 e. The highest BCUT2D eigenvalue weighted by atomic mass is 32.2. The van der Waals surface area contributed by atoms with Gasteiger partial charge in [-0.1, -0.05) is 23.8 Å². The van der Waals surface area contributed by atoms with Crippen LogP contribution >= 0.6 is 0 Å². The van der Waals surface area contributed by atoms with Crippen LogP contribution in [-0.2, 0) is 19.6 Å². The Balaban J connectivity index is 1.51. The van der Waals surface area contributed by atoms with E-state index in [0.717, 1.165) is 30.1 Å². The van der Waals surface area contributed by atoms with Crippen molar-refractivity contribution in [3.63, 3.8) is 0 Å². The van der Waals surface area contributed by atoms with Crippen molar-refractivity contribution in [3.8, 4) is 0 Å². The van der Waals surface area contributed by atoms with Crippen LogP contribution in [0.2, 0.25) is 0 Å². The first kappa shape index (κ1) is 25.5. The number of carbonyl (C=O) groups excluding carboxylic acids is 2. The highest BCUT2D eigenvalue weighted by Gasteiger charge is 2.17. The molecule has 1 amide bonds. The van der Waals surface area contributed by atoms with E-state index in [1.54, 1.807) is 12.1 Å². The highest BCUT2D eigenvalue weighted by Crippen LogP contribution is 2.22. The third kappa shape index (κ3) is 6.91. The number of carbonyl (C=O) groups is 2. The van der Waals surface area contributed by atoms with Crippen LogP contribution < -0.4 is 10.6 Å². The monoisotopic (exact) mass is 485 g/mol. The van der Waals surface area contributed by atoms with Crippen LogP contribution in [0.15, 0.2) is 65.1 Å². The number of ether oxygens (including phenoxy) is 1. The molecular formula is C25H31N3O5S. The molecule has 9 heteroatoms. The van der Waals surface area contributed by atoms with Gasteiger partial charge in [0.2, 0.25) is 10.0 Å². The molecule has 182 valence electrons. The lowest BCUT2D eigenvalue weighted by atomic mass is 9.97. The molecule has 0 unspecified atom stereocenters. The van der Waals surface area contributed by atoms with Gasteiger partial charge in [0.25, 0.3) is 5.91 Å². The van der Waals surface area contributed by atoms with Crippen LogP contribution in [0.4, 0.5) is 11.4 Å². The minimum atomic E-state index is -3.55. The standard InChI is InChI=1S/C25H31N3O5S/c1-28(2)34(31,32)21-14-12-20(13-15-21)27-24(29)18-33-25(30)22-10-6-7-11-23(22)26-17-16-19-8-4-3-5-9-19/h6-8,10-15,26H,3-5,9,16-18H2,1-2H3,(H,27,29). The Bertz CT molecular complexity index is 1140. The van der Waals surface area contributed by atoms with Crippen molar-refractivity contribution in [1.82, 2.24) is 4.31 Å². The number of sulfonamides is 1. The fraction of sp³-hybridized carbons (Fsp3) is 0.360. The smallest absolute Gasteiger partial charge is 0.340 e. The molecule has 2 N–H and O–H groups in total. The molecule has 0 atom stereocenters. The predicted octanol–water partition coefficient (Wildman–Crippen LogP) is 4.03. The number of hydrogen-bond acceptors (Lipinski definition) is 6. The predicted molar refractivity (Wildman–Crippen MR) is 132 cm³/mol. The van der Waals surface area contributed by atoms with Crippen molar-refractivity contribution < 1.29 is 22.7 Å².